The monoisotopic (exact) mass is 435 g/mol. The van der Waals surface area contributed by atoms with Gasteiger partial charge in [0.2, 0.25) is 5.95 Å². The van der Waals surface area contributed by atoms with Crippen LogP contribution in [0.2, 0.25) is 0 Å². The summed E-state index contributed by atoms with van der Waals surface area (Å²) in [5, 5.41) is 2.92. The molecule has 1 aliphatic heterocycles. The first-order valence-electron chi connectivity index (χ1n) is 10.7. The second kappa shape index (κ2) is 8.64. The van der Waals surface area contributed by atoms with Crippen molar-refractivity contribution in [3.05, 3.63) is 20.8 Å². The van der Waals surface area contributed by atoms with E-state index < -0.39 is 22.9 Å². The summed E-state index contributed by atoms with van der Waals surface area (Å²) in [7, 11) is 0. The lowest BCUT2D eigenvalue weighted by atomic mass is 10.1. The molecule has 0 aromatic carbocycles. The Kier molecular flexibility index (Phi) is 6.33. The SMILES string of the molecule is CC(C)CCn1c(N2CCCC(NC(=O)OC(C)(C)C)C2)nc2[nH]c(=O)n(N)c(=O)c21. The van der Waals surface area contributed by atoms with Crippen molar-refractivity contribution in [3.63, 3.8) is 0 Å². The van der Waals surface area contributed by atoms with E-state index in [0.29, 0.717) is 29.6 Å². The standard InChI is InChI=1S/C20H33N7O4/c1-12(2)8-10-26-14-15(24-18(29)27(21)16(14)28)23-17(26)25-9-6-7-13(11-25)22-19(30)31-20(3,4)5/h12-13H,6-11,21H2,1-5H3,(H,22,30)(H,24,29). The Balaban J connectivity index is 1.92. The number of fused-ring (bicyclic) bond motifs is 1. The maximum atomic E-state index is 12.7. The van der Waals surface area contributed by atoms with Crippen LogP contribution < -0.4 is 27.3 Å². The first kappa shape index (κ1) is 22.7. The number of carbonyl (C=O) groups excluding carboxylic acids is 1. The lowest BCUT2D eigenvalue weighted by Crippen LogP contribution is -2.49. The quantitative estimate of drug-likeness (QED) is 0.598. The number of carbonyl (C=O) groups is 1. The Morgan fingerprint density at radius 2 is 2.06 bits per heavy atom. The van der Waals surface area contributed by atoms with E-state index in [1.807, 2.05) is 30.2 Å². The summed E-state index contributed by atoms with van der Waals surface area (Å²) >= 11 is 0. The van der Waals surface area contributed by atoms with Gasteiger partial charge in [0.15, 0.2) is 11.2 Å². The molecule has 3 heterocycles. The molecule has 0 spiro atoms. The number of aromatic amines is 1. The lowest BCUT2D eigenvalue weighted by Gasteiger charge is -2.34. The molecule has 0 bridgehead atoms. The summed E-state index contributed by atoms with van der Waals surface area (Å²) in [6.07, 6.45) is 2.03. The van der Waals surface area contributed by atoms with Crippen molar-refractivity contribution in [2.45, 2.75) is 72.1 Å². The van der Waals surface area contributed by atoms with Gasteiger partial charge in [-0.1, -0.05) is 13.8 Å². The maximum Gasteiger partial charge on any atom is 0.407 e. The minimum absolute atomic E-state index is 0.118. The topological polar surface area (TPSA) is 140 Å². The normalized spacial score (nSPS) is 17.4. The van der Waals surface area contributed by atoms with E-state index in [2.05, 4.69) is 29.1 Å². The number of alkyl carbamates (subject to hydrolysis) is 1. The third-order valence-corrected chi connectivity index (χ3v) is 5.17. The van der Waals surface area contributed by atoms with Gasteiger partial charge in [0.05, 0.1) is 0 Å². The molecule has 11 heteroatoms. The molecule has 1 saturated heterocycles. The highest BCUT2D eigenvalue weighted by atomic mass is 16.6. The zero-order chi connectivity index (χ0) is 22.9. The number of nitrogens with zero attached hydrogens (tertiary/aromatic N) is 4. The molecule has 11 nitrogen and oxygen atoms in total. The smallest absolute Gasteiger partial charge is 0.407 e. The molecule has 1 aliphatic rings. The number of anilines is 1. The summed E-state index contributed by atoms with van der Waals surface area (Å²) < 4.78 is 7.77. The number of aromatic nitrogens is 4. The Labute approximate surface area is 180 Å². The number of hydrogen-bond donors (Lipinski definition) is 3. The van der Waals surface area contributed by atoms with Crippen molar-refractivity contribution in [1.29, 1.82) is 0 Å². The van der Waals surface area contributed by atoms with E-state index in [1.165, 1.54) is 0 Å². The molecule has 4 N–H and O–H groups in total. The van der Waals surface area contributed by atoms with Gasteiger partial charge in [-0.15, -0.1) is 0 Å². The number of rotatable bonds is 5. The highest BCUT2D eigenvalue weighted by Crippen LogP contribution is 2.24. The third kappa shape index (κ3) is 5.20. The second-order valence-electron chi connectivity index (χ2n) is 9.48. The van der Waals surface area contributed by atoms with E-state index >= 15 is 0 Å². The summed E-state index contributed by atoms with van der Waals surface area (Å²) in [4.78, 5) is 46.1. The minimum atomic E-state index is -0.708. The second-order valence-corrected chi connectivity index (χ2v) is 9.48. The molecule has 3 rings (SSSR count). The first-order valence-corrected chi connectivity index (χ1v) is 10.7. The molecule has 2 aromatic heterocycles. The molecule has 31 heavy (non-hydrogen) atoms. The van der Waals surface area contributed by atoms with Crippen LogP contribution in [0, 0.1) is 5.92 Å². The minimum Gasteiger partial charge on any atom is -0.444 e. The number of piperidine rings is 1. The third-order valence-electron chi connectivity index (χ3n) is 5.17. The molecule has 0 radical (unpaired) electrons. The van der Waals surface area contributed by atoms with Crippen LogP contribution in [0.25, 0.3) is 11.2 Å². The van der Waals surface area contributed by atoms with Crippen molar-refractivity contribution < 1.29 is 9.53 Å². The number of nitrogens with one attached hydrogen (secondary N) is 2. The van der Waals surface area contributed by atoms with Crippen molar-refractivity contribution in [3.8, 4) is 0 Å². The van der Waals surface area contributed by atoms with Crippen molar-refractivity contribution in [2.24, 2.45) is 5.92 Å². The molecule has 1 amide bonds. The molecular weight excluding hydrogens is 402 g/mol. The van der Waals surface area contributed by atoms with Gasteiger partial charge in [-0.25, -0.2) is 9.59 Å². The van der Waals surface area contributed by atoms with Crippen LogP contribution >= 0.6 is 0 Å². The van der Waals surface area contributed by atoms with E-state index in [9.17, 15) is 14.4 Å². The Morgan fingerprint density at radius 3 is 2.71 bits per heavy atom. The number of amides is 1. The number of nitrogen functional groups attached to an aromatic ring is 1. The van der Waals surface area contributed by atoms with Crippen LogP contribution in [0.4, 0.5) is 10.7 Å². The summed E-state index contributed by atoms with van der Waals surface area (Å²) in [6, 6.07) is -0.118. The molecule has 0 aliphatic carbocycles. The van der Waals surface area contributed by atoms with Gasteiger partial charge in [0, 0.05) is 25.7 Å². The van der Waals surface area contributed by atoms with Gasteiger partial charge in [0.25, 0.3) is 0 Å². The van der Waals surface area contributed by atoms with Crippen LogP contribution in [-0.2, 0) is 11.3 Å². The predicted octanol–water partition coefficient (Wildman–Crippen LogP) is 1.14. The zero-order valence-electron chi connectivity index (χ0n) is 18.9. The molecular formula is C20H33N7O4. The van der Waals surface area contributed by atoms with Crippen molar-refractivity contribution in [2.75, 3.05) is 23.8 Å². The number of nitrogens with two attached hydrogens (primary N) is 1. The molecule has 172 valence electrons. The van der Waals surface area contributed by atoms with Crippen molar-refractivity contribution in [1.82, 2.24) is 24.5 Å². The summed E-state index contributed by atoms with van der Waals surface area (Å²) in [5.41, 5.74) is -1.36. The number of ether oxygens (including phenoxy) is 1. The fraction of sp³-hybridized carbons (Fsp3) is 0.700. The fourth-order valence-electron chi connectivity index (χ4n) is 3.70. The maximum absolute atomic E-state index is 12.7. The van der Waals surface area contributed by atoms with E-state index in [-0.39, 0.29) is 17.2 Å². The average molecular weight is 436 g/mol. The molecule has 0 saturated carbocycles. The molecule has 1 fully saturated rings. The van der Waals surface area contributed by atoms with Crippen LogP contribution in [0.15, 0.2) is 9.59 Å². The summed E-state index contributed by atoms with van der Waals surface area (Å²) in [5.74, 6) is 6.63. The Morgan fingerprint density at radius 1 is 1.35 bits per heavy atom. The molecule has 1 unspecified atom stereocenters. The number of imidazole rings is 1. The number of H-pyrrole nitrogens is 1. The van der Waals surface area contributed by atoms with Gasteiger partial charge >= 0.3 is 17.3 Å². The first-order chi connectivity index (χ1) is 14.5. The van der Waals surface area contributed by atoms with Crippen LogP contribution in [0.1, 0.15) is 53.9 Å². The van der Waals surface area contributed by atoms with Crippen molar-refractivity contribution >= 4 is 23.2 Å². The van der Waals surface area contributed by atoms with E-state index in [1.54, 1.807) is 0 Å². The van der Waals surface area contributed by atoms with Crippen LogP contribution in [0.5, 0.6) is 0 Å². The lowest BCUT2D eigenvalue weighted by molar-refractivity contribution is 0.0499. The number of hydrogen-bond acceptors (Lipinski definition) is 7. The van der Waals surface area contributed by atoms with Gasteiger partial charge in [-0.2, -0.15) is 9.66 Å². The highest BCUT2D eigenvalue weighted by Gasteiger charge is 2.28. The van der Waals surface area contributed by atoms with Crippen LogP contribution in [-0.4, -0.2) is 50.0 Å². The van der Waals surface area contributed by atoms with Gasteiger partial charge in [-0.3, -0.25) is 9.78 Å². The fourth-order valence-corrected chi connectivity index (χ4v) is 3.70. The van der Waals surface area contributed by atoms with E-state index in [0.717, 1.165) is 25.8 Å². The van der Waals surface area contributed by atoms with Crippen LogP contribution in [0.3, 0.4) is 0 Å². The number of aryl methyl sites for hydroxylation is 1. The largest absolute Gasteiger partial charge is 0.444 e. The average Bonchev–Trinajstić information content (AvgIpc) is 3.01. The predicted molar refractivity (Wildman–Crippen MR) is 119 cm³/mol. The Bertz CT molecular complexity index is 1060. The van der Waals surface area contributed by atoms with Gasteiger partial charge in [-0.05, 0) is 46.0 Å². The van der Waals surface area contributed by atoms with E-state index in [4.69, 9.17) is 10.6 Å². The molecule has 2 aromatic rings. The van der Waals surface area contributed by atoms with Gasteiger partial charge < -0.3 is 25.4 Å². The summed E-state index contributed by atoms with van der Waals surface area (Å²) in [6.45, 7) is 11.5. The Hall–Kier alpha value is -2.98. The highest BCUT2D eigenvalue weighted by molar-refractivity contribution is 5.74. The zero-order valence-corrected chi connectivity index (χ0v) is 18.9. The molecule has 1 atom stereocenters. The van der Waals surface area contributed by atoms with Gasteiger partial charge in [0.1, 0.15) is 5.60 Å².